The standard InChI is InChI=1S/C24H27N3O3S/c1-31-16-13-21(27-23(29)17-9-3-4-10-18(17)24(27)30)22(28)25-19-11-5-6-12-20(19)26-14-7-2-8-15-26/h3-6,9-12,21H,2,7-8,13-16H2,1H3,(H,25,28). The molecule has 1 atom stereocenters. The van der Waals surface area contributed by atoms with E-state index in [-0.39, 0.29) is 5.91 Å². The SMILES string of the molecule is CSCCC(C(=O)Nc1ccccc1N1CCCCC1)N1C(=O)c2ccccc2C1=O. The number of hydrogen-bond donors (Lipinski definition) is 1. The number of nitrogens with one attached hydrogen (secondary N) is 1. The molecular weight excluding hydrogens is 410 g/mol. The van der Waals surface area contributed by atoms with E-state index >= 15 is 0 Å². The fraction of sp³-hybridized carbons (Fsp3) is 0.375. The number of carbonyl (C=O) groups is 3. The van der Waals surface area contributed by atoms with E-state index in [0.717, 1.165) is 42.2 Å². The second-order valence-electron chi connectivity index (χ2n) is 7.88. The van der Waals surface area contributed by atoms with Crippen LogP contribution in [0.3, 0.4) is 0 Å². The van der Waals surface area contributed by atoms with E-state index in [1.54, 1.807) is 36.0 Å². The third-order valence-corrected chi connectivity index (χ3v) is 6.54. The van der Waals surface area contributed by atoms with Crippen molar-refractivity contribution in [2.75, 3.05) is 35.3 Å². The zero-order chi connectivity index (χ0) is 21.8. The molecule has 4 rings (SSSR count). The highest BCUT2D eigenvalue weighted by Gasteiger charge is 2.42. The van der Waals surface area contributed by atoms with E-state index < -0.39 is 17.9 Å². The molecule has 0 saturated carbocycles. The van der Waals surface area contributed by atoms with E-state index in [1.807, 2.05) is 30.5 Å². The van der Waals surface area contributed by atoms with Gasteiger partial charge in [0.2, 0.25) is 5.91 Å². The molecule has 1 fully saturated rings. The number of fused-ring (bicyclic) bond motifs is 1. The van der Waals surface area contributed by atoms with Crippen LogP contribution in [0.15, 0.2) is 48.5 Å². The molecule has 162 valence electrons. The highest BCUT2D eigenvalue weighted by molar-refractivity contribution is 7.98. The second kappa shape index (κ2) is 9.56. The van der Waals surface area contributed by atoms with Crippen LogP contribution in [0, 0.1) is 0 Å². The average Bonchev–Trinajstić information content (AvgIpc) is 3.06. The van der Waals surface area contributed by atoms with Crippen LogP contribution in [0.25, 0.3) is 0 Å². The normalized spacial score (nSPS) is 16.9. The first-order valence-corrected chi connectivity index (χ1v) is 12.1. The van der Waals surface area contributed by atoms with Crippen LogP contribution in [0.2, 0.25) is 0 Å². The lowest BCUT2D eigenvalue weighted by atomic mass is 10.1. The van der Waals surface area contributed by atoms with Crippen LogP contribution in [0.5, 0.6) is 0 Å². The van der Waals surface area contributed by atoms with Gasteiger partial charge in [0.15, 0.2) is 0 Å². The Morgan fingerprint density at radius 2 is 1.58 bits per heavy atom. The molecule has 0 bridgehead atoms. The number of thioether (sulfide) groups is 1. The number of hydrogen-bond acceptors (Lipinski definition) is 5. The minimum absolute atomic E-state index is 0.326. The molecule has 1 saturated heterocycles. The summed E-state index contributed by atoms with van der Waals surface area (Å²) in [5, 5.41) is 3.03. The molecular formula is C24H27N3O3S. The summed E-state index contributed by atoms with van der Waals surface area (Å²) in [7, 11) is 0. The zero-order valence-electron chi connectivity index (χ0n) is 17.7. The first kappa shape index (κ1) is 21.4. The van der Waals surface area contributed by atoms with Gasteiger partial charge in [0, 0.05) is 13.1 Å². The second-order valence-corrected chi connectivity index (χ2v) is 8.86. The Balaban J connectivity index is 1.59. The summed E-state index contributed by atoms with van der Waals surface area (Å²) < 4.78 is 0. The molecule has 3 amide bonds. The van der Waals surface area contributed by atoms with Gasteiger partial charge in [-0.2, -0.15) is 11.8 Å². The Morgan fingerprint density at radius 3 is 2.23 bits per heavy atom. The lowest BCUT2D eigenvalue weighted by Crippen LogP contribution is -2.47. The van der Waals surface area contributed by atoms with Crippen LogP contribution in [0.1, 0.15) is 46.4 Å². The third-order valence-electron chi connectivity index (χ3n) is 5.89. The summed E-state index contributed by atoms with van der Waals surface area (Å²) in [4.78, 5) is 42.8. The average molecular weight is 438 g/mol. The van der Waals surface area contributed by atoms with Gasteiger partial charge in [-0.1, -0.05) is 24.3 Å². The van der Waals surface area contributed by atoms with Gasteiger partial charge in [0.25, 0.3) is 11.8 Å². The summed E-state index contributed by atoms with van der Waals surface area (Å²) in [5.41, 5.74) is 2.44. The summed E-state index contributed by atoms with van der Waals surface area (Å²) >= 11 is 1.59. The van der Waals surface area contributed by atoms with Crippen molar-refractivity contribution in [2.45, 2.75) is 31.7 Å². The van der Waals surface area contributed by atoms with Gasteiger partial charge in [-0.05, 0) is 62.0 Å². The van der Waals surface area contributed by atoms with Crippen LogP contribution in [-0.2, 0) is 4.79 Å². The lowest BCUT2D eigenvalue weighted by Gasteiger charge is -2.31. The summed E-state index contributed by atoms with van der Waals surface area (Å²) in [6.45, 7) is 1.92. The first-order valence-electron chi connectivity index (χ1n) is 10.7. The largest absolute Gasteiger partial charge is 0.370 e. The van der Waals surface area contributed by atoms with Crippen molar-refractivity contribution in [3.8, 4) is 0 Å². The summed E-state index contributed by atoms with van der Waals surface area (Å²) in [6, 6.07) is 13.7. The molecule has 0 radical (unpaired) electrons. The van der Waals surface area contributed by atoms with Crippen LogP contribution in [0.4, 0.5) is 11.4 Å². The number of benzene rings is 2. The van der Waals surface area contributed by atoms with Gasteiger partial charge >= 0.3 is 0 Å². The maximum atomic E-state index is 13.4. The van der Waals surface area contributed by atoms with Crippen molar-refractivity contribution in [3.05, 3.63) is 59.7 Å². The number of rotatable bonds is 7. The Bertz CT molecular complexity index is 953. The predicted octanol–water partition coefficient (Wildman–Crippen LogP) is 4.03. The first-order chi connectivity index (χ1) is 15.1. The highest BCUT2D eigenvalue weighted by atomic mass is 32.2. The summed E-state index contributed by atoms with van der Waals surface area (Å²) in [5.74, 6) is -0.454. The highest BCUT2D eigenvalue weighted by Crippen LogP contribution is 2.30. The number of piperidine rings is 1. The number of amides is 3. The molecule has 0 aliphatic carbocycles. The molecule has 1 unspecified atom stereocenters. The topological polar surface area (TPSA) is 69.7 Å². The fourth-order valence-electron chi connectivity index (χ4n) is 4.30. The van der Waals surface area contributed by atoms with E-state index in [1.165, 1.54) is 6.42 Å². The molecule has 2 heterocycles. The Morgan fingerprint density at radius 1 is 0.968 bits per heavy atom. The van der Waals surface area contributed by atoms with Gasteiger partial charge in [-0.25, -0.2) is 0 Å². The number of anilines is 2. The van der Waals surface area contributed by atoms with Gasteiger partial charge in [-0.15, -0.1) is 0 Å². The van der Waals surface area contributed by atoms with Crippen molar-refractivity contribution in [1.82, 2.24) is 4.90 Å². The molecule has 31 heavy (non-hydrogen) atoms. The lowest BCUT2D eigenvalue weighted by molar-refractivity contribution is -0.120. The fourth-order valence-corrected chi connectivity index (χ4v) is 4.76. The van der Waals surface area contributed by atoms with Gasteiger partial charge in [0.05, 0.1) is 22.5 Å². The van der Waals surface area contributed by atoms with Gasteiger partial charge < -0.3 is 10.2 Å². The molecule has 0 aromatic heterocycles. The molecule has 1 N–H and O–H groups in total. The number of nitrogens with zero attached hydrogens (tertiary/aromatic N) is 2. The van der Waals surface area contributed by atoms with E-state index in [0.29, 0.717) is 23.3 Å². The monoisotopic (exact) mass is 437 g/mol. The molecule has 2 aromatic rings. The molecule has 2 aliphatic rings. The number of para-hydroxylation sites is 2. The minimum Gasteiger partial charge on any atom is -0.370 e. The molecule has 6 nitrogen and oxygen atoms in total. The Kier molecular flexibility index (Phi) is 6.61. The predicted molar refractivity (Wildman–Crippen MR) is 125 cm³/mol. The zero-order valence-corrected chi connectivity index (χ0v) is 18.5. The van der Waals surface area contributed by atoms with Gasteiger partial charge in [-0.3, -0.25) is 19.3 Å². The van der Waals surface area contributed by atoms with Crippen molar-refractivity contribution >= 4 is 40.9 Å². The number of imide groups is 1. The van der Waals surface area contributed by atoms with E-state index in [2.05, 4.69) is 10.2 Å². The van der Waals surface area contributed by atoms with Crippen molar-refractivity contribution in [2.24, 2.45) is 0 Å². The smallest absolute Gasteiger partial charge is 0.262 e. The van der Waals surface area contributed by atoms with Crippen LogP contribution < -0.4 is 10.2 Å². The third kappa shape index (κ3) is 4.32. The molecule has 2 aliphatic heterocycles. The van der Waals surface area contributed by atoms with E-state index in [9.17, 15) is 14.4 Å². The van der Waals surface area contributed by atoms with Crippen LogP contribution in [-0.4, -0.2) is 53.8 Å². The summed E-state index contributed by atoms with van der Waals surface area (Å²) in [6.07, 6.45) is 5.84. The quantitative estimate of drug-likeness (QED) is 0.662. The van der Waals surface area contributed by atoms with Crippen molar-refractivity contribution in [1.29, 1.82) is 0 Å². The van der Waals surface area contributed by atoms with Crippen LogP contribution >= 0.6 is 11.8 Å². The maximum absolute atomic E-state index is 13.4. The Labute approximate surface area is 187 Å². The maximum Gasteiger partial charge on any atom is 0.262 e. The van der Waals surface area contributed by atoms with Crippen molar-refractivity contribution in [3.63, 3.8) is 0 Å². The van der Waals surface area contributed by atoms with Crippen molar-refractivity contribution < 1.29 is 14.4 Å². The molecule has 7 heteroatoms. The minimum atomic E-state index is -0.853. The molecule has 2 aromatic carbocycles. The number of carbonyl (C=O) groups excluding carboxylic acids is 3. The molecule has 0 spiro atoms. The Hall–Kier alpha value is -2.80. The van der Waals surface area contributed by atoms with E-state index in [4.69, 9.17) is 0 Å². The van der Waals surface area contributed by atoms with Gasteiger partial charge in [0.1, 0.15) is 6.04 Å².